The number of carbonyl (C=O) groups is 1. The molecule has 2 aromatic carbocycles. The van der Waals surface area contributed by atoms with Crippen molar-refractivity contribution < 1.29 is 9.18 Å². The molecule has 0 aliphatic carbocycles. The van der Waals surface area contributed by atoms with Gasteiger partial charge in [0, 0.05) is 22.3 Å². The van der Waals surface area contributed by atoms with E-state index in [0.717, 1.165) is 0 Å². The number of primary amides is 1. The smallest absolute Gasteiger partial charge is 0.249 e. The van der Waals surface area contributed by atoms with Gasteiger partial charge in [0.05, 0.1) is 0 Å². The van der Waals surface area contributed by atoms with E-state index in [9.17, 15) is 9.18 Å². The van der Waals surface area contributed by atoms with Crippen LogP contribution < -0.4 is 5.73 Å². The van der Waals surface area contributed by atoms with Crippen LogP contribution in [-0.4, -0.2) is 5.91 Å². The lowest BCUT2D eigenvalue weighted by molar-refractivity contribution is 0.100. The molecule has 0 fully saturated rings. The van der Waals surface area contributed by atoms with Crippen molar-refractivity contribution >= 4 is 5.91 Å². The van der Waals surface area contributed by atoms with Crippen molar-refractivity contribution in [3.63, 3.8) is 0 Å². The zero-order valence-electron chi connectivity index (χ0n) is 9.48. The maximum Gasteiger partial charge on any atom is 0.249 e. The Morgan fingerprint density at radius 3 is 2.50 bits per heavy atom. The fourth-order valence-electron chi connectivity index (χ4n) is 1.83. The van der Waals surface area contributed by atoms with Crippen molar-refractivity contribution in [2.45, 2.75) is 0 Å². The predicted octanol–water partition coefficient (Wildman–Crippen LogP) is 2.57. The van der Waals surface area contributed by atoms with E-state index < -0.39 is 11.7 Å². The van der Waals surface area contributed by atoms with Crippen LogP contribution in [0.4, 0.5) is 4.39 Å². The van der Waals surface area contributed by atoms with Crippen LogP contribution in [0.25, 0.3) is 11.1 Å². The predicted molar refractivity (Wildman–Crippen MR) is 68.3 cm³/mol. The molecule has 88 valence electrons. The van der Waals surface area contributed by atoms with E-state index in [4.69, 9.17) is 12.2 Å². The second kappa shape index (κ2) is 4.72. The van der Waals surface area contributed by atoms with Gasteiger partial charge < -0.3 is 5.73 Å². The fourth-order valence-corrected chi connectivity index (χ4v) is 1.83. The summed E-state index contributed by atoms with van der Waals surface area (Å²) in [6.45, 7) is 0. The van der Waals surface area contributed by atoms with Gasteiger partial charge >= 0.3 is 0 Å². The van der Waals surface area contributed by atoms with Gasteiger partial charge in [-0.25, -0.2) is 4.39 Å². The number of amides is 1. The maximum atomic E-state index is 13.8. The third kappa shape index (κ3) is 1.96. The number of hydrogen-bond donors (Lipinski definition) is 1. The highest BCUT2D eigenvalue weighted by Gasteiger charge is 2.16. The third-order valence-electron chi connectivity index (χ3n) is 2.63. The molecule has 0 atom stereocenters. The van der Waals surface area contributed by atoms with E-state index in [1.165, 1.54) is 12.1 Å². The summed E-state index contributed by atoms with van der Waals surface area (Å²) >= 11 is 0. The van der Waals surface area contributed by atoms with Crippen molar-refractivity contribution in [1.82, 2.24) is 0 Å². The van der Waals surface area contributed by atoms with Gasteiger partial charge in [0.25, 0.3) is 0 Å². The van der Waals surface area contributed by atoms with Gasteiger partial charge in [0.1, 0.15) is 5.82 Å². The molecule has 2 rings (SSSR count). The Morgan fingerprint density at radius 1 is 1.17 bits per heavy atom. The number of carbonyl (C=O) groups excluding carboxylic acids is 1. The van der Waals surface area contributed by atoms with Crippen LogP contribution in [-0.2, 0) is 0 Å². The molecule has 0 saturated carbocycles. The Bertz CT molecular complexity index is 656. The zero-order chi connectivity index (χ0) is 13.1. The second-order valence-corrected chi connectivity index (χ2v) is 3.72. The second-order valence-electron chi connectivity index (χ2n) is 3.72. The first kappa shape index (κ1) is 11.9. The molecule has 0 aromatic heterocycles. The van der Waals surface area contributed by atoms with Crippen LogP contribution >= 0.6 is 0 Å². The largest absolute Gasteiger partial charge is 0.366 e. The standard InChI is InChI=1S/C15H10FNO/c1-2-10-6-5-8-12(15(17)18)14(10)11-7-3-4-9-13(11)16/h1,3-9H,(H2,17,18). The normalized spacial score (nSPS) is 9.78. The lowest BCUT2D eigenvalue weighted by Crippen LogP contribution is -2.13. The molecular weight excluding hydrogens is 229 g/mol. The number of rotatable bonds is 2. The minimum absolute atomic E-state index is 0.218. The Labute approximate surface area is 104 Å². The Morgan fingerprint density at radius 2 is 1.89 bits per heavy atom. The van der Waals surface area contributed by atoms with Crippen LogP contribution in [0.3, 0.4) is 0 Å². The van der Waals surface area contributed by atoms with Crippen molar-refractivity contribution in [2.24, 2.45) is 5.73 Å². The molecule has 0 heterocycles. The van der Waals surface area contributed by atoms with E-state index in [1.807, 2.05) is 0 Å². The highest BCUT2D eigenvalue weighted by molar-refractivity contribution is 6.01. The first-order chi connectivity index (χ1) is 8.65. The van der Waals surface area contributed by atoms with Gasteiger partial charge in [0.15, 0.2) is 0 Å². The number of benzene rings is 2. The van der Waals surface area contributed by atoms with Gasteiger partial charge in [0.2, 0.25) is 5.91 Å². The molecule has 0 radical (unpaired) electrons. The Hall–Kier alpha value is -2.60. The van der Waals surface area contributed by atoms with E-state index >= 15 is 0 Å². The van der Waals surface area contributed by atoms with Gasteiger partial charge in [-0.2, -0.15) is 0 Å². The quantitative estimate of drug-likeness (QED) is 0.804. The third-order valence-corrected chi connectivity index (χ3v) is 2.63. The van der Waals surface area contributed by atoms with Crippen LogP contribution in [0, 0.1) is 18.2 Å². The molecule has 1 amide bonds. The van der Waals surface area contributed by atoms with Crippen molar-refractivity contribution in [2.75, 3.05) is 0 Å². The maximum absolute atomic E-state index is 13.8. The molecule has 0 saturated heterocycles. The molecule has 18 heavy (non-hydrogen) atoms. The number of terminal acetylenes is 1. The topological polar surface area (TPSA) is 43.1 Å². The van der Waals surface area contributed by atoms with Crippen molar-refractivity contribution in [3.05, 3.63) is 59.4 Å². The van der Waals surface area contributed by atoms with Gasteiger partial charge in [-0.1, -0.05) is 30.2 Å². The summed E-state index contributed by atoms with van der Waals surface area (Å²) in [6.07, 6.45) is 5.38. The average molecular weight is 239 g/mol. The Balaban J connectivity index is 2.81. The van der Waals surface area contributed by atoms with Crippen molar-refractivity contribution in [3.8, 4) is 23.5 Å². The molecule has 2 N–H and O–H groups in total. The molecule has 0 aliphatic heterocycles. The molecular formula is C15H10FNO. The average Bonchev–Trinajstić information content (AvgIpc) is 2.38. The summed E-state index contributed by atoms with van der Waals surface area (Å²) in [4.78, 5) is 11.4. The van der Waals surface area contributed by atoms with E-state index in [1.54, 1.807) is 30.3 Å². The van der Waals surface area contributed by atoms with E-state index in [0.29, 0.717) is 11.1 Å². The summed E-state index contributed by atoms with van der Waals surface area (Å²) < 4.78 is 13.8. The van der Waals surface area contributed by atoms with Crippen LogP contribution in [0.1, 0.15) is 15.9 Å². The number of nitrogens with two attached hydrogens (primary N) is 1. The Kier molecular flexibility index (Phi) is 3.11. The summed E-state index contributed by atoms with van der Waals surface area (Å²) in [5.41, 5.74) is 6.60. The lowest BCUT2D eigenvalue weighted by Gasteiger charge is -2.10. The summed E-state index contributed by atoms with van der Waals surface area (Å²) in [7, 11) is 0. The molecule has 0 bridgehead atoms. The van der Waals surface area contributed by atoms with E-state index in [2.05, 4.69) is 5.92 Å². The molecule has 2 nitrogen and oxygen atoms in total. The molecule has 3 heteroatoms. The van der Waals surface area contributed by atoms with Crippen molar-refractivity contribution in [1.29, 1.82) is 0 Å². The summed E-state index contributed by atoms with van der Waals surface area (Å²) in [5.74, 6) is 1.37. The van der Waals surface area contributed by atoms with Crippen LogP contribution in [0.5, 0.6) is 0 Å². The lowest BCUT2D eigenvalue weighted by atomic mass is 9.94. The molecule has 2 aromatic rings. The number of hydrogen-bond acceptors (Lipinski definition) is 1. The van der Waals surface area contributed by atoms with Crippen LogP contribution in [0.15, 0.2) is 42.5 Å². The first-order valence-electron chi connectivity index (χ1n) is 5.29. The molecule has 0 unspecified atom stereocenters. The highest BCUT2D eigenvalue weighted by atomic mass is 19.1. The summed E-state index contributed by atoms with van der Waals surface area (Å²) in [6, 6.07) is 10.9. The van der Waals surface area contributed by atoms with E-state index in [-0.39, 0.29) is 11.1 Å². The molecule has 0 spiro atoms. The summed E-state index contributed by atoms with van der Waals surface area (Å²) in [5, 5.41) is 0. The SMILES string of the molecule is C#Cc1cccc(C(N)=O)c1-c1ccccc1F. The fraction of sp³-hybridized carbons (Fsp3) is 0. The van der Waals surface area contributed by atoms with Gasteiger partial charge in [-0.15, -0.1) is 6.42 Å². The monoisotopic (exact) mass is 239 g/mol. The minimum Gasteiger partial charge on any atom is -0.366 e. The number of halogens is 1. The van der Waals surface area contributed by atoms with Crippen LogP contribution in [0.2, 0.25) is 0 Å². The van der Waals surface area contributed by atoms with Gasteiger partial charge in [-0.05, 0) is 18.2 Å². The molecule has 0 aliphatic rings. The highest BCUT2D eigenvalue weighted by Crippen LogP contribution is 2.29. The van der Waals surface area contributed by atoms with Gasteiger partial charge in [-0.3, -0.25) is 4.79 Å². The zero-order valence-corrected chi connectivity index (χ0v) is 9.48. The first-order valence-corrected chi connectivity index (χ1v) is 5.29. The minimum atomic E-state index is -0.634.